The largest absolute Gasteiger partial charge is 0.496 e. The minimum Gasteiger partial charge on any atom is -0.496 e. The standard InChI is InChI=1S/C28H31F2N5O6/c1-5-39-27(37)15(2)40-23-14-35-20(13-33-24(35)10-19(23)17(11-31)12-32-3)16-8-21(38-4)25(22(9-16)41-28(29)30)26(36)34-18-6-7-18/h8-15,18,28,31-32H,5-7H2,1-4H3,(H,34,36)/b17-12+,31-11?. The van der Waals surface area contributed by atoms with Crippen LogP contribution in [0.2, 0.25) is 0 Å². The minimum atomic E-state index is -3.19. The molecule has 0 aliphatic heterocycles. The first-order valence-electron chi connectivity index (χ1n) is 12.9. The number of nitrogens with one attached hydrogen (secondary N) is 3. The first-order chi connectivity index (χ1) is 19.7. The second-order valence-corrected chi connectivity index (χ2v) is 9.15. The van der Waals surface area contributed by atoms with Crippen molar-refractivity contribution < 1.29 is 37.3 Å². The molecule has 0 radical (unpaired) electrons. The molecule has 3 N–H and O–H groups in total. The lowest BCUT2D eigenvalue weighted by molar-refractivity contribution is -0.150. The number of hydrogen-bond acceptors (Lipinski definition) is 9. The van der Waals surface area contributed by atoms with E-state index in [4.69, 9.17) is 24.4 Å². The Morgan fingerprint density at radius 3 is 2.54 bits per heavy atom. The molecule has 1 saturated carbocycles. The van der Waals surface area contributed by atoms with Crippen molar-refractivity contribution in [2.24, 2.45) is 0 Å². The van der Waals surface area contributed by atoms with Gasteiger partial charge in [-0.1, -0.05) is 0 Å². The van der Waals surface area contributed by atoms with Gasteiger partial charge in [-0.3, -0.25) is 9.20 Å². The molecule has 0 spiro atoms. The van der Waals surface area contributed by atoms with E-state index in [2.05, 4.69) is 15.6 Å². The predicted molar refractivity (Wildman–Crippen MR) is 147 cm³/mol. The second-order valence-electron chi connectivity index (χ2n) is 9.15. The van der Waals surface area contributed by atoms with Gasteiger partial charge in [0.05, 0.1) is 31.8 Å². The predicted octanol–water partition coefficient (Wildman–Crippen LogP) is 4.04. The summed E-state index contributed by atoms with van der Waals surface area (Å²) in [5.41, 5.74) is 2.01. The number of fused-ring (bicyclic) bond motifs is 1. The van der Waals surface area contributed by atoms with Crippen molar-refractivity contribution in [3.8, 4) is 28.5 Å². The Morgan fingerprint density at radius 1 is 1.20 bits per heavy atom. The second kappa shape index (κ2) is 12.7. The molecule has 2 aromatic heterocycles. The van der Waals surface area contributed by atoms with E-state index >= 15 is 0 Å². The maximum Gasteiger partial charge on any atom is 0.387 e. The molecule has 0 saturated heterocycles. The molecule has 1 aliphatic carbocycles. The number of aromatic nitrogens is 2. The molecule has 1 aromatic carbocycles. The molecule has 2 heterocycles. The van der Waals surface area contributed by atoms with E-state index in [1.165, 1.54) is 32.4 Å². The summed E-state index contributed by atoms with van der Waals surface area (Å²) >= 11 is 0. The highest BCUT2D eigenvalue weighted by atomic mass is 19.3. The van der Waals surface area contributed by atoms with Gasteiger partial charge in [-0.25, -0.2) is 9.78 Å². The number of benzene rings is 1. The van der Waals surface area contributed by atoms with Crippen molar-refractivity contribution in [3.63, 3.8) is 0 Å². The summed E-state index contributed by atoms with van der Waals surface area (Å²) in [6, 6.07) is 4.50. The molecule has 218 valence electrons. The third kappa shape index (κ3) is 6.56. The summed E-state index contributed by atoms with van der Waals surface area (Å²) in [4.78, 5) is 29.7. The molecule has 1 aliphatic rings. The van der Waals surface area contributed by atoms with Crippen molar-refractivity contribution in [2.45, 2.75) is 45.4 Å². The minimum absolute atomic E-state index is 0.0162. The first kappa shape index (κ1) is 29.3. The van der Waals surface area contributed by atoms with Gasteiger partial charge in [-0.2, -0.15) is 8.78 Å². The molecule has 13 heteroatoms. The number of ether oxygens (including phenoxy) is 4. The Kier molecular flexibility index (Phi) is 9.05. The van der Waals surface area contributed by atoms with E-state index in [-0.39, 0.29) is 35.5 Å². The fraction of sp³-hybridized carbons (Fsp3) is 0.357. The molecule has 1 unspecified atom stereocenters. The first-order valence-corrected chi connectivity index (χ1v) is 12.9. The number of carbonyl (C=O) groups excluding carboxylic acids is 2. The molecule has 41 heavy (non-hydrogen) atoms. The van der Waals surface area contributed by atoms with Crippen LogP contribution in [0.15, 0.2) is 36.8 Å². The summed E-state index contributed by atoms with van der Waals surface area (Å²) < 4.78 is 49.7. The van der Waals surface area contributed by atoms with Crippen LogP contribution >= 0.6 is 0 Å². The molecule has 1 fully saturated rings. The lowest BCUT2D eigenvalue weighted by atomic mass is 10.1. The number of imidazole rings is 1. The highest BCUT2D eigenvalue weighted by Crippen LogP contribution is 2.38. The number of methoxy groups -OCH3 is 1. The average molecular weight is 572 g/mol. The van der Waals surface area contributed by atoms with E-state index in [0.717, 1.165) is 19.1 Å². The van der Waals surface area contributed by atoms with Crippen LogP contribution in [-0.2, 0) is 9.53 Å². The Balaban J connectivity index is 1.87. The molecule has 1 amide bonds. The number of amides is 1. The van der Waals surface area contributed by atoms with E-state index in [1.807, 2.05) is 0 Å². The average Bonchev–Trinajstić information content (AvgIpc) is 3.66. The topological polar surface area (TPSA) is 136 Å². The van der Waals surface area contributed by atoms with Crippen LogP contribution in [0.1, 0.15) is 42.6 Å². The number of allylic oxidation sites excluding steroid dienone is 1. The van der Waals surface area contributed by atoms with Gasteiger partial charge in [0.25, 0.3) is 5.91 Å². The van der Waals surface area contributed by atoms with Crippen molar-refractivity contribution >= 4 is 29.3 Å². The molecular formula is C28H31F2N5O6. The van der Waals surface area contributed by atoms with Crippen LogP contribution in [0.5, 0.6) is 17.2 Å². The van der Waals surface area contributed by atoms with Gasteiger partial charge in [-0.05, 0) is 44.9 Å². The third-order valence-corrected chi connectivity index (χ3v) is 6.24. The Hall–Kier alpha value is -4.68. The molecule has 0 bridgehead atoms. The molecule has 3 aromatic rings. The highest BCUT2D eigenvalue weighted by Gasteiger charge is 2.29. The lowest BCUT2D eigenvalue weighted by Gasteiger charge is -2.18. The summed E-state index contributed by atoms with van der Waals surface area (Å²) in [6.07, 6.45) is 6.44. The smallest absolute Gasteiger partial charge is 0.387 e. The molecule has 11 nitrogen and oxygen atoms in total. The molecule has 4 rings (SSSR count). The van der Waals surface area contributed by atoms with Crippen molar-refractivity contribution in [1.29, 1.82) is 5.41 Å². The van der Waals surface area contributed by atoms with E-state index in [0.29, 0.717) is 28.0 Å². The molecule has 1 atom stereocenters. The van der Waals surface area contributed by atoms with E-state index in [1.54, 1.807) is 36.8 Å². The number of hydrogen-bond donors (Lipinski definition) is 3. The normalized spacial score (nSPS) is 14.0. The summed E-state index contributed by atoms with van der Waals surface area (Å²) in [5, 5.41) is 13.5. The summed E-state index contributed by atoms with van der Waals surface area (Å²) in [5.74, 6) is -1.22. The SMILES string of the molecule is CCOC(=O)C(C)Oc1cn2c(-c3cc(OC)c(C(=O)NC4CC4)c(OC(F)F)c3)cnc2cc1/C(C=N)=C/NC. The Labute approximate surface area is 234 Å². The highest BCUT2D eigenvalue weighted by molar-refractivity contribution is 6.09. The van der Waals surface area contributed by atoms with Crippen LogP contribution < -0.4 is 24.8 Å². The maximum absolute atomic E-state index is 13.4. The lowest BCUT2D eigenvalue weighted by Crippen LogP contribution is -2.27. The van der Waals surface area contributed by atoms with Gasteiger partial charge in [0, 0.05) is 42.2 Å². The Morgan fingerprint density at radius 2 is 1.93 bits per heavy atom. The Bertz CT molecular complexity index is 1480. The van der Waals surface area contributed by atoms with Crippen molar-refractivity contribution in [2.75, 3.05) is 20.8 Å². The third-order valence-electron chi connectivity index (χ3n) is 6.24. The quantitative estimate of drug-likeness (QED) is 0.207. The van der Waals surface area contributed by atoms with Crippen LogP contribution in [-0.4, -0.2) is 67.0 Å². The number of carbonyl (C=O) groups is 2. The van der Waals surface area contributed by atoms with Gasteiger partial charge in [0.15, 0.2) is 6.10 Å². The number of alkyl halides is 2. The summed E-state index contributed by atoms with van der Waals surface area (Å²) in [6.45, 7) is 0.213. The van der Waals surface area contributed by atoms with Crippen LogP contribution in [0.3, 0.4) is 0 Å². The van der Waals surface area contributed by atoms with Crippen LogP contribution in [0.4, 0.5) is 8.78 Å². The summed E-state index contributed by atoms with van der Waals surface area (Å²) in [7, 11) is 3.01. The number of esters is 1. The number of nitrogens with zero attached hydrogens (tertiary/aromatic N) is 2. The fourth-order valence-corrected chi connectivity index (χ4v) is 4.19. The van der Waals surface area contributed by atoms with E-state index < -0.39 is 24.6 Å². The van der Waals surface area contributed by atoms with Gasteiger partial charge >= 0.3 is 12.6 Å². The van der Waals surface area contributed by atoms with Crippen molar-refractivity contribution in [1.82, 2.24) is 20.0 Å². The van der Waals surface area contributed by atoms with Crippen LogP contribution in [0.25, 0.3) is 22.5 Å². The zero-order valence-corrected chi connectivity index (χ0v) is 23.0. The number of halogens is 2. The number of rotatable bonds is 13. The zero-order valence-electron chi connectivity index (χ0n) is 23.0. The van der Waals surface area contributed by atoms with E-state index in [9.17, 15) is 18.4 Å². The van der Waals surface area contributed by atoms with Gasteiger partial charge in [0.1, 0.15) is 28.5 Å². The van der Waals surface area contributed by atoms with Gasteiger partial charge < -0.3 is 35.0 Å². The van der Waals surface area contributed by atoms with Crippen LogP contribution in [0, 0.1) is 5.41 Å². The monoisotopic (exact) mass is 571 g/mol. The zero-order chi connectivity index (χ0) is 29.7. The van der Waals surface area contributed by atoms with Crippen molar-refractivity contribution in [3.05, 3.63) is 47.9 Å². The molecular weight excluding hydrogens is 540 g/mol. The number of pyridine rings is 1. The van der Waals surface area contributed by atoms with Gasteiger partial charge in [-0.15, -0.1) is 0 Å². The maximum atomic E-state index is 13.4. The van der Waals surface area contributed by atoms with Gasteiger partial charge in [0.2, 0.25) is 0 Å². The fourth-order valence-electron chi connectivity index (χ4n) is 4.19.